The zero-order valence-electron chi connectivity index (χ0n) is 15.2. The zero-order chi connectivity index (χ0) is 19.7. The first-order valence-electron chi connectivity index (χ1n) is 8.59. The minimum absolute atomic E-state index is 0. The Hall–Kier alpha value is -2.81. The van der Waals surface area contributed by atoms with Gasteiger partial charge in [-0.2, -0.15) is 5.10 Å². The van der Waals surface area contributed by atoms with Crippen LogP contribution in [0, 0.1) is 5.82 Å². The number of hydrogen-bond acceptors (Lipinski definition) is 5. The first kappa shape index (κ1) is 20.9. The standard InChI is InChI=1S/C20H18FN5OS.ClH/c21-14-5-6-17(16(7-14)15-4-2-1-3-12(15)8-22)20(13-9-24-25-10-13)26-18(11-28-20)19(23)27;/h1-7,9-11,26H,8,22H2,(H2,23,27)(H,24,25);1H. The lowest BCUT2D eigenvalue weighted by Crippen LogP contribution is -2.39. The molecule has 0 bridgehead atoms. The second kappa shape index (κ2) is 8.28. The normalized spacial score (nSPS) is 17.9. The molecule has 9 heteroatoms. The van der Waals surface area contributed by atoms with E-state index < -0.39 is 10.8 Å². The zero-order valence-corrected chi connectivity index (χ0v) is 16.8. The van der Waals surface area contributed by atoms with E-state index in [-0.39, 0.29) is 23.9 Å². The van der Waals surface area contributed by atoms with E-state index in [2.05, 4.69) is 15.5 Å². The lowest BCUT2D eigenvalue weighted by Gasteiger charge is -2.32. The summed E-state index contributed by atoms with van der Waals surface area (Å²) in [6.45, 7) is 0.316. The van der Waals surface area contributed by atoms with E-state index >= 15 is 0 Å². The quantitative estimate of drug-likeness (QED) is 0.496. The fourth-order valence-corrected chi connectivity index (χ4v) is 4.58. The van der Waals surface area contributed by atoms with Crippen LogP contribution in [0.4, 0.5) is 4.39 Å². The van der Waals surface area contributed by atoms with Crippen LogP contribution in [-0.2, 0) is 16.2 Å². The van der Waals surface area contributed by atoms with E-state index in [9.17, 15) is 9.18 Å². The summed E-state index contributed by atoms with van der Waals surface area (Å²) >= 11 is 1.38. The highest BCUT2D eigenvalue weighted by Crippen LogP contribution is 2.49. The maximum atomic E-state index is 14.3. The van der Waals surface area contributed by atoms with Crippen molar-refractivity contribution < 1.29 is 9.18 Å². The van der Waals surface area contributed by atoms with Gasteiger partial charge in [-0.1, -0.05) is 42.1 Å². The maximum absolute atomic E-state index is 14.3. The summed E-state index contributed by atoms with van der Waals surface area (Å²) in [4.78, 5) is 10.9. The third-order valence-corrected chi connectivity index (χ3v) is 5.99. The molecule has 2 heterocycles. The van der Waals surface area contributed by atoms with Crippen LogP contribution in [0.3, 0.4) is 0 Å². The van der Waals surface area contributed by atoms with Crippen LogP contribution in [-0.4, -0.2) is 16.1 Å². The Morgan fingerprint density at radius 3 is 2.66 bits per heavy atom. The number of halogens is 2. The van der Waals surface area contributed by atoms with Crippen molar-refractivity contribution in [3.05, 3.63) is 88.5 Å². The van der Waals surface area contributed by atoms with Crippen LogP contribution in [0.2, 0.25) is 0 Å². The number of aromatic nitrogens is 2. The number of amides is 1. The number of rotatable bonds is 5. The van der Waals surface area contributed by atoms with Crippen LogP contribution in [0.5, 0.6) is 0 Å². The molecule has 0 radical (unpaired) electrons. The van der Waals surface area contributed by atoms with Crippen molar-refractivity contribution in [2.45, 2.75) is 11.4 Å². The van der Waals surface area contributed by atoms with Crippen LogP contribution >= 0.6 is 24.2 Å². The molecule has 6 N–H and O–H groups in total. The van der Waals surface area contributed by atoms with Crippen molar-refractivity contribution in [2.24, 2.45) is 11.5 Å². The van der Waals surface area contributed by atoms with E-state index in [0.717, 1.165) is 22.3 Å². The number of nitrogens with two attached hydrogens (primary N) is 2. The van der Waals surface area contributed by atoms with Gasteiger partial charge in [0.15, 0.2) is 0 Å². The summed E-state index contributed by atoms with van der Waals surface area (Å²) in [6, 6.07) is 12.2. The largest absolute Gasteiger partial charge is 0.364 e. The number of carbonyl (C=O) groups excluding carboxylic acids is 1. The van der Waals surface area contributed by atoms with Gasteiger partial charge in [0, 0.05) is 29.3 Å². The first-order valence-corrected chi connectivity index (χ1v) is 9.46. The predicted molar refractivity (Wildman–Crippen MR) is 114 cm³/mol. The summed E-state index contributed by atoms with van der Waals surface area (Å²) in [6.07, 6.45) is 3.40. The van der Waals surface area contributed by atoms with Crippen molar-refractivity contribution >= 4 is 30.1 Å². The van der Waals surface area contributed by atoms with Gasteiger partial charge in [0.1, 0.15) is 16.4 Å². The highest BCUT2D eigenvalue weighted by molar-refractivity contribution is 8.03. The highest BCUT2D eigenvalue weighted by atomic mass is 35.5. The summed E-state index contributed by atoms with van der Waals surface area (Å²) in [5.74, 6) is -0.928. The molecule has 6 nitrogen and oxygen atoms in total. The molecule has 0 spiro atoms. The minimum Gasteiger partial charge on any atom is -0.364 e. The maximum Gasteiger partial charge on any atom is 0.265 e. The number of carbonyl (C=O) groups is 1. The smallest absolute Gasteiger partial charge is 0.265 e. The van der Waals surface area contributed by atoms with Crippen molar-refractivity contribution in [1.29, 1.82) is 0 Å². The van der Waals surface area contributed by atoms with E-state index in [0.29, 0.717) is 12.1 Å². The number of primary amides is 1. The first-order chi connectivity index (χ1) is 13.5. The van der Waals surface area contributed by atoms with Gasteiger partial charge in [-0.05, 0) is 28.8 Å². The monoisotopic (exact) mass is 431 g/mol. The molecule has 3 aromatic rings. The number of benzene rings is 2. The number of hydrogen-bond donors (Lipinski definition) is 4. The summed E-state index contributed by atoms with van der Waals surface area (Å²) in [7, 11) is 0. The second-order valence-corrected chi connectivity index (χ2v) is 7.44. The molecule has 1 aliphatic rings. The predicted octanol–water partition coefficient (Wildman–Crippen LogP) is 2.96. The minimum atomic E-state index is -0.887. The lowest BCUT2D eigenvalue weighted by molar-refractivity contribution is -0.114. The van der Waals surface area contributed by atoms with Gasteiger partial charge < -0.3 is 16.8 Å². The number of H-pyrrole nitrogens is 1. The second-order valence-electron chi connectivity index (χ2n) is 6.36. The van der Waals surface area contributed by atoms with Crippen molar-refractivity contribution in [2.75, 3.05) is 0 Å². The number of aromatic amines is 1. The topological polar surface area (TPSA) is 110 Å². The molecule has 150 valence electrons. The Kier molecular flexibility index (Phi) is 5.97. The molecule has 0 saturated heterocycles. The number of nitrogens with zero attached hydrogens (tertiary/aromatic N) is 1. The molecule has 1 unspecified atom stereocenters. The number of nitrogens with one attached hydrogen (secondary N) is 2. The summed E-state index contributed by atoms with van der Waals surface area (Å²) in [5, 5.41) is 11.8. The summed E-state index contributed by atoms with van der Waals surface area (Å²) < 4.78 is 14.3. The Morgan fingerprint density at radius 1 is 1.21 bits per heavy atom. The average Bonchev–Trinajstić information content (AvgIpc) is 3.38. The Labute approximate surface area is 177 Å². The highest BCUT2D eigenvalue weighted by Gasteiger charge is 2.42. The third kappa shape index (κ3) is 3.62. The fourth-order valence-electron chi connectivity index (χ4n) is 3.39. The molecule has 0 saturated carbocycles. The van der Waals surface area contributed by atoms with Gasteiger partial charge in [-0.25, -0.2) is 4.39 Å². The molecule has 0 aliphatic carbocycles. The van der Waals surface area contributed by atoms with Gasteiger partial charge in [0.2, 0.25) is 0 Å². The SMILES string of the molecule is Cl.NCc1ccccc1-c1cc(F)ccc1C1(c2cn[nH]c2)NC(C(N)=O)=CS1. The van der Waals surface area contributed by atoms with Gasteiger partial charge in [-0.3, -0.25) is 9.89 Å². The number of thioether (sulfide) groups is 1. The van der Waals surface area contributed by atoms with Crippen molar-refractivity contribution in [3.8, 4) is 11.1 Å². The Balaban J connectivity index is 0.00000240. The average molecular weight is 432 g/mol. The molecule has 4 rings (SSSR count). The van der Waals surface area contributed by atoms with Gasteiger partial charge in [0.25, 0.3) is 5.91 Å². The molecule has 29 heavy (non-hydrogen) atoms. The van der Waals surface area contributed by atoms with Crippen LogP contribution < -0.4 is 16.8 Å². The molecule has 0 fully saturated rings. The van der Waals surface area contributed by atoms with Crippen LogP contribution in [0.25, 0.3) is 11.1 Å². The van der Waals surface area contributed by atoms with Crippen molar-refractivity contribution in [3.63, 3.8) is 0 Å². The van der Waals surface area contributed by atoms with Gasteiger partial charge in [-0.15, -0.1) is 12.4 Å². The molecule has 1 aliphatic heterocycles. The molecule has 1 amide bonds. The molecular weight excluding hydrogens is 413 g/mol. The van der Waals surface area contributed by atoms with E-state index in [1.807, 2.05) is 24.3 Å². The molecular formula is C20H19ClFN5OS. The van der Waals surface area contributed by atoms with Gasteiger partial charge >= 0.3 is 0 Å². The molecule has 1 aromatic heterocycles. The van der Waals surface area contributed by atoms with E-state index in [4.69, 9.17) is 11.5 Å². The van der Waals surface area contributed by atoms with E-state index in [1.165, 1.54) is 23.9 Å². The molecule has 2 aromatic carbocycles. The summed E-state index contributed by atoms with van der Waals surface area (Å²) in [5.41, 5.74) is 15.6. The Morgan fingerprint density at radius 2 is 2.00 bits per heavy atom. The fraction of sp³-hybridized carbons (Fsp3) is 0.100. The Bertz CT molecular complexity index is 1070. The third-order valence-electron chi connectivity index (χ3n) is 4.72. The molecule has 1 atom stereocenters. The lowest BCUT2D eigenvalue weighted by atomic mass is 9.89. The van der Waals surface area contributed by atoms with Crippen LogP contribution in [0.15, 0.2) is 66.0 Å². The van der Waals surface area contributed by atoms with Crippen LogP contribution in [0.1, 0.15) is 16.7 Å². The van der Waals surface area contributed by atoms with Gasteiger partial charge in [0.05, 0.1) is 6.20 Å². The van der Waals surface area contributed by atoms with Crippen molar-refractivity contribution in [1.82, 2.24) is 15.5 Å². The van der Waals surface area contributed by atoms with E-state index in [1.54, 1.807) is 23.9 Å².